The molecular formula is C14H20BrN3O2. The van der Waals surface area contributed by atoms with Gasteiger partial charge in [-0.15, -0.1) is 0 Å². The van der Waals surface area contributed by atoms with Crippen molar-refractivity contribution in [2.75, 3.05) is 25.0 Å². The summed E-state index contributed by atoms with van der Waals surface area (Å²) in [5.41, 5.74) is 1.55. The Labute approximate surface area is 127 Å². The lowest BCUT2D eigenvalue weighted by Crippen LogP contribution is -2.33. The number of nitrogens with one attached hydrogen (secondary N) is 2. The summed E-state index contributed by atoms with van der Waals surface area (Å²) in [6, 6.07) is 3.66. The third kappa shape index (κ3) is 4.85. The van der Waals surface area contributed by atoms with Crippen LogP contribution in [0.5, 0.6) is 0 Å². The van der Waals surface area contributed by atoms with Crippen molar-refractivity contribution >= 4 is 27.5 Å². The van der Waals surface area contributed by atoms with Crippen molar-refractivity contribution in [2.45, 2.75) is 32.3 Å². The Balaban J connectivity index is 1.72. The van der Waals surface area contributed by atoms with E-state index in [0.717, 1.165) is 41.9 Å². The molecule has 1 amide bonds. The molecule has 1 aliphatic rings. The summed E-state index contributed by atoms with van der Waals surface area (Å²) in [5, 5.41) is 6.15. The van der Waals surface area contributed by atoms with E-state index in [9.17, 15) is 4.79 Å². The van der Waals surface area contributed by atoms with Crippen LogP contribution in [-0.2, 0) is 9.53 Å². The zero-order chi connectivity index (χ0) is 14.4. The molecule has 1 aromatic heterocycles. The maximum atomic E-state index is 11.8. The number of carbonyl (C=O) groups is 1. The number of rotatable bonds is 5. The Bertz CT molecular complexity index is 462. The van der Waals surface area contributed by atoms with Crippen molar-refractivity contribution in [1.82, 2.24) is 10.3 Å². The molecule has 1 saturated heterocycles. The van der Waals surface area contributed by atoms with Gasteiger partial charge in [-0.1, -0.05) is 0 Å². The maximum Gasteiger partial charge on any atom is 0.226 e. The normalized spacial score (nSPS) is 16.1. The highest BCUT2D eigenvalue weighted by molar-refractivity contribution is 9.10. The van der Waals surface area contributed by atoms with Crippen LogP contribution in [-0.4, -0.2) is 36.7 Å². The molecule has 5 nitrogen and oxygen atoms in total. The van der Waals surface area contributed by atoms with Crippen LogP contribution in [0.4, 0.5) is 5.69 Å². The summed E-state index contributed by atoms with van der Waals surface area (Å²) >= 11 is 3.30. The number of hydrogen-bond donors (Lipinski definition) is 2. The number of halogens is 1. The van der Waals surface area contributed by atoms with Crippen LogP contribution < -0.4 is 10.6 Å². The molecule has 0 aromatic carbocycles. The molecule has 0 spiro atoms. The van der Waals surface area contributed by atoms with E-state index in [1.54, 1.807) is 0 Å². The largest absolute Gasteiger partial charge is 0.378 e. The smallest absolute Gasteiger partial charge is 0.226 e. The van der Waals surface area contributed by atoms with E-state index in [1.807, 2.05) is 19.1 Å². The average Bonchev–Trinajstić information content (AvgIpc) is 2.43. The van der Waals surface area contributed by atoms with Gasteiger partial charge in [0.25, 0.3) is 0 Å². The number of nitrogens with zero attached hydrogens (tertiary/aromatic N) is 1. The zero-order valence-corrected chi connectivity index (χ0v) is 13.2. The molecule has 0 atom stereocenters. The molecule has 0 radical (unpaired) electrons. The highest BCUT2D eigenvalue weighted by Gasteiger charge is 2.14. The highest BCUT2D eigenvalue weighted by Crippen LogP contribution is 2.16. The predicted molar refractivity (Wildman–Crippen MR) is 81.8 cm³/mol. The fraction of sp³-hybridized carbons (Fsp3) is 0.571. The topological polar surface area (TPSA) is 63.2 Å². The number of carbonyl (C=O) groups excluding carboxylic acids is 1. The van der Waals surface area contributed by atoms with Gasteiger partial charge in [0.15, 0.2) is 0 Å². The molecule has 2 N–H and O–H groups in total. The fourth-order valence-corrected chi connectivity index (χ4v) is 2.55. The van der Waals surface area contributed by atoms with Gasteiger partial charge in [-0.3, -0.25) is 4.79 Å². The van der Waals surface area contributed by atoms with Gasteiger partial charge in [0.05, 0.1) is 30.5 Å². The molecule has 1 fully saturated rings. The molecule has 0 bridgehead atoms. The number of anilines is 1. The summed E-state index contributed by atoms with van der Waals surface area (Å²) < 4.78 is 6.48. The van der Waals surface area contributed by atoms with E-state index < -0.39 is 0 Å². The average molecular weight is 342 g/mol. The number of hydrogen-bond acceptors (Lipinski definition) is 4. The number of aromatic nitrogens is 1. The minimum absolute atomic E-state index is 0.0360. The highest BCUT2D eigenvalue weighted by atomic mass is 79.9. The van der Waals surface area contributed by atoms with Gasteiger partial charge in [-0.25, -0.2) is 4.98 Å². The van der Waals surface area contributed by atoms with Crippen molar-refractivity contribution in [1.29, 1.82) is 0 Å². The number of aryl methyl sites for hydroxylation is 1. The first-order chi connectivity index (χ1) is 9.65. The lowest BCUT2D eigenvalue weighted by atomic mass is 10.1. The van der Waals surface area contributed by atoms with Crippen LogP contribution in [0.1, 0.15) is 25.0 Å². The lowest BCUT2D eigenvalue weighted by Gasteiger charge is -2.22. The monoisotopic (exact) mass is 341 g/mol. The standard InChI is InChI=1S/C14H20BrN3O2/c1-10-12(2-3-13(15)17-10)18-14(19)6-9-20-11-4-7-16-8-5-11/h2-3,11,16H,4-9H2,1H3,(H,18,19). The van der Waals surface area contributed by atoms with Crippen molar-refractivity contribution in [3.8, 4) is 0 Å². The van der Waals surface area contributed by atoms with Gasteiger partial charge in [-0.2, -0.15) is 0 Å². The molecule has 110 valence electrons. The van der Waals surface area contributed by atoms with Crippen LogP contribution in [0.3, 0.4) is 0 Å². The second-order valence-corrected chi connectivity index (χ2v) is 5.70. The van der Waals surface area contributed by atoms with Crippen LogP contribution in [0.25, 0.3) is 0 Å². The molecule has 1 aromatic rings. The second kappa shape index (κ2) is 7.71. The molecule has 20 heavy (non-hydrogen) atoms. The lowest BCUT2D eigenvalue weighted by molar-refractivity contribution is -0.117. The molecule has 1 aliphatic heterocycles. The summed E-state index contributed by atoms with van der Waals surface area (Å²) in [6.45, 7) is 4.34. The van der Waals surface area contributed by atoms with E-state index >= 15 is 0 Å². The Morgan fingerprint density at radius 3 is 2.95 bits per heavy atom. The first-order valence-corrected chi connectivity index (χ1v) is 7.70. The third-order valence-electron chi connectivity index (χ3n) is 3.29. The minimum atomic E-state index is -0.0360. The minimum Gasteiger partial charge on any atom is -0.378 e. The molecular weight excluding hydrogens is 322 g/mol. The number of amides is 1. The van der Waals surface area contributed by atoms with Crippen molar-refractivity contribution in [3.05, 3.63) is 22.4 Å². The van der Waals surface area contributed by atoms with E-state index in [2.05, 4.69) is 31.5 Å². The van der Waals surface area contributed by atoms with E-state index in [1.165, 1.54) is 0 Å². The van der Waals surface area contributed by atoms with Gasteiger partial charge in [-0.05, 0) is 60.9 Å². The quantitative estimate of drug-likeness (QED) is 0.806. The second-order valence-electron chi connectivity index (χ2n) is 4.89. The summed E-state index contributed by atoms with van der Waals surface area (Å²) in [4.78, 5) is 16.1. The predicted octanol–water partition coefficient (Wildman–Crippen LogP) is 2.25. The SMILES string of the molecule is Cc1nc(Br)ccc1NC(=O)CCOC1CCNCC1. The number of piperidine rings is 1. The van der Waals surface area contributed by atoms with Crippen molar-refractivity contribution in [2.24, 2.45) is 0 Å². The van der Waals surface area contributed by atoms with Crippen molar-refractivity contribution in [3.63, 3.8) is 0 Å². The first-order valence-electron chi connectivity index (χ1n) is 6.90. The molecule has 0 unspecified atom stereocenters. The third-order valence-corrected chi connectivity index (χ3v) is 3.74. The van der Waals surface area contributed by atoms with E-state index in [0.29, 0.717) is 19.1 Å². The molecule has 0 saturated carbocycles. The van der Waals surface area contributed by atoms with Crippen molar-refractivity contribution < 1.29 is 9.53 Å². The Hall–Kier alpha value is -0.980. The zero-order valence-electron chi connectivity index (χ0n) is 11.6. The summed E-state index contributed by atoms with van der Waals surface area (Å²) in [5.74, 6) is -0.0360. The molecule has 2 rings (SSSR count). The Morgan fingerprint density at radius 2 is 2.25 bits per heavy atom. The Morgan fingerprint density at radius 1 is 1.50 bits per heavy atom. The van der Waals surface area contributed by atoms with Crippen LogP contribution >= 0.6 is 15.9 Å². The van der Waals surface area contributed by atoms with Gasteiger partial charge in [0.2, 0.25) is 5.91 Å². The van der Waals surface area contributed by atoms with Crippen LogP contribution in [0, 0.1) is 6.92 Å². The number of ether oxygens (including phenoxy) is 1. The van der Waals surface area contributed by atoms with Crippen LogP contribution in [0.15, 0.2) is 16.7 Å². The van der Waals surface area contributed by atoms with E-state index in [4.69, 9.17) is 4.74 Å². The summed E-state index contributed by atoms with van der Waals surface area (Å²) in [7, 11) is 0. The molecule has 2 heterocycles. The van der Waals surface area contributed by atoms with Gasteiger partial charge >= 0.3 is 0 Å². The Kier molecular flexibility index (Phi) is 5.94. The van der Waals surface area contributed by atoms with Crippen LogP contribution in [0.2, 0.25) is 0 Å². The fourth-order valence-electron chi connectivity index (χ4n) is 2.16. The summed E-state index contributed by atoms with van der Waals surface area (Å²) in [6.07, 6.45) is 2.72. The maximum absolute atomic E-state index is 11.8. The molecule has 0 aliphatic carbocycles. The van der Waals surface area contributed by atoms with Gasteiger partial charge in [0, 0.05) is 0 Å². The van der Waals surface area contributed by atoms with Gasteiger partial charge < -0.3 is 15.4 Å². The van der Waals surface area contributed by atoms with Gasteiger partial charge in [0.1, 0.15) is 4.60 Å². The number of pyridine rings is 1. The molecule has 6 heteroatoms. The van der Waals surface area contributed by atoms with E-state index in [-0.39, 0.29) is 5.91 Å². The first kappa shape index (κ1) is 15.4.